The summed E-state index contributed by atoms with van der Waals surface area (Å²) in [4.78, 5) is 15.0. The quantitative estimate of drug-likeness (QED) is 0.835. The summed E-state index contributed by atoms with van der Waals surface area (Å²) < 4.78 is 0. The van der Waals surface area contributed by atoms with Crippen molar-refractivity contribution in [2.45, 2.75) is 90.9 Å². The molecule has 1 saturated heterocycles. The molecule has 20 heavy (non-hydrogen) atoms. The lowest BCUT2D eigenvalue weighted by Crippen LogP contribution is -2.47. The van der Waals surface area contributed by atoms with Crippen molar-refractivity contribution in [1.82, 2.24) is 10.2 Å². The molecule has 3 unspecified atom stereocenters. The average molecular weight is 280 g/mol. The molecule has 0 aromatic heterocycles. The van der Waals surface area contributed by atoms with Crippen LogP contribution >= 0.6 is 0 Å². The van der Waals surface area contributed by atoms with E-state index < -0.39 is 0 Å². The maximum atomic E-state index is 12.8. The zero-order valence-corrected chi connectivity index (χ0v) is 13.7. The van der Waals surface area contributed by atoms with Gasteiger partial charge in [0.25, 0.3) is 0 Å². The van der Waals surface area contributed by atoms with E-state index in [1.807, 2.05) is 0 Å². The Morgan fingerprint density at radius 2 is 1.85 bits per heavy atom. The third-order valence-electron chi connectivity index (χ3n) is 5.23. The van der Waals surface area contributed by atoms with Crippen LogP contribution < -0.4 is 5.32 Å². The van der Waals surface area contributed by atoms with E-state index in [9.17, 15) is 4.79 Å². The number of hydrogen-bond acceptors (Lipinski definition) is 2. The Kier molecular flexibility index (Phi) is 5.48. The van der Waals surface area contributed by atoms with Crippen LogP contribution in [0, 0.1) is 11.8 Å². The second-order valence-electron chi connectivity index (χ2n) is 7.08. The number of nitrogens with zero attached hydrogens (tertiary/aromatic N) is 1. The Bertz CT molecular complexity index is 323. The van der Waals surface area contributed by atoms with Crippen LogP contribution in [0.2, 0.25) is 0 Å². The highest BCUT2D eigenvalue weighted by atomic mass is 16.2. The number of carbonyl (C=O) groups excluding carboxylic acids is 1. The van der Waals surface area contributed by atoms with Gasteiger partial charge in [0.05, 0.1) is 12.2 Å². The predicted octanol–water partition coefficient (Wildman–Crippen LogP) is 3.54. The van der Waals surface area contributed by atoms with E-state index in [-0.39, 0.29) is 12.2 Å². The number of hydrogen-bond donors (Lipinski definition) is 1. The lowest BCUT2D eigenvalue weighted by atomic mass is 9.83. The van der Waals surface area contributed by atoms with Gasteiger partial charge in [-0.05, 0) is 38.0 Å². The summed E-state index contributed by atoms with van der Waals surface area (Å²) in [6.45, 7) is 8.78. The molecule has 2 fully saturated rings. The highest BCUT2D eigenvalue weighted by Gasteiger charge is 2.43. The summed E-state index contributed by atoms with van der Waals surface area (Å²) in [5.74, 6) is 1.43. The van der Waals surface area contributed by atoms with Crippen LogP contribution in [-0.4, -0.2) is 29.1 Å². The van der Waals surface area contributed by atoms with E-state index in [4.69, 9.17) is 0 Å². The number of amides is 1. The molecule has 0 spiro atoms. The molecule has 1 aliphatic heterocycles. The van der Waals surface area contributed by atoms with Gasteiger partial charge in [0.15, 0.2) is 0 Å². The van der Waals surface area contributed by atoms with Crippen molar-refractivity contribution >= 4 is 5.91 Å². The molecule has 1 amide bonds. The van der Waals surface area contributed by atoms with Crippen molar-refractivity contribution in [2.24, 2.45) is 11.8 Å². The lowest BCUT2D eigenvalue weighted by Gasteiger charge is -2.37. The molecule has 0 aromatic rings. The summed E-state index contributed by atoms with van der Waals surface area (Å²) >= 11 is 0. The third-order valence-corrected chi connectivity index (χ3v) is 5.23. The van der Waals surface area contributed by atoms with Gasteiger partial charge in [-0.15, -0.1) is 0 Å². The molecule has 0 aromatic carbocycles. The summed E-state index contributed by atoms with van der Waals surface area (Å²) in [7, 11) is 0. The van der Waals surface area contributed by atoms with Crippen LogP contribution in [0.15, 0.2) is 0 Å². The molecule has 0 radical (unpaired) electrons. The highest BCUT2D eigenvalue weighted by molar-refractivity contribution is 5.85. The minimum atomic E-state index is 0.0255. The largest absolute Gasteiger partial charge is 0.323 e. The predicted molar refractivity (Wildman–Crippen MR) is 83.3 cm³/mol. The molecule has 2 rings (SSSR count). The van der Waals surface area contributed by atoms with Gasteiger partial charge in [0.2, 0.25) is 5.91 Å². The summed E-state index contributed by atoms with van der Waals surface area (Å²) in [5.41, 5.74) is 0. The van der Waals surface area contributed by atoms with Gasteiger partial charge < -0.3 is 4.90 Å². The fourth-order valence-corrected chi connectivity index (χ4v) is 3.97. The molecule has 1 aliphatic carbocycles. The Morgan fingerprint density at radius 1 is 1.20 bits per heavy atom. The van der Waals surface area contributed by atoms with Gasteiger partial charge >= 0.3 is 0 Å². The molecule has 3 nitrogen and oxygen atoms in total. The van der Waals surface area contributed by atoms with Crippen molar-refractivity contribution in [3.05, 3.63) is 0 Å². The van der Waals surface area contributed by atoms with E-state index in [1.54, 1.807) is 0 Å². The number of rotatable bonds is 5. The fourth-order valence-electron chi connectivity index (χ4n) is 3.97. The van der Waals surface area contributed by atoms with E-state index >= 15 is 0 Å². The summed E-state index contributed by atoms with van der Waals surface area (Å²) in [6, 6.07) is 0.424. The Labute approximate surface area is 124 Å². The van der Waals surface area contributed by atoms with Gasteiger partial charge in [0, 0.05) is 6.04 Å². The smallest absolute Gasteiger partial charge is 0.241 e. The molecule has 0 bridgehead atoms. The van der Waals surface area contributed by atoms with Crippen LogP contribution in [0.1, 0.15) is 72.6 Å². The fraction of sp³-hybridized carbons (Fsp3) is 0.941. The van der Waals surface area contributed by atoms with Crippen LogP contribution in [0.3, 0.4) is 0 Å². The third kappa shape index (κ3) is 3.19. The molecule has 1 saturated carbocycles. The Balaban J connectivity index is 2.10. The minimum absolute atomic E-state index is 0.0255. The van der Waals surface area contributed by atoms with E-state index in [0.717, 1.165) is 12.8 Å². The van der Waals surface area contributed by atoms with Gasteiger partial charge in [-0.1, -0.05) is 46.5 Å². The van der Waals surface area contributed by atoms with Gasteiger partial charge in [-0.25, -0.2) is 0 Å². The van der Waals surface area contributed by atoms with Crippen LogP contribution in [0.4, 0.5) is 0 Å². The first-order valence-electron chi connectivity index (χ1n) is 8.64. The van der Waals surface area contributed by atoms with Crippen molar-refractivity contribution in [3.8, 4) is 0 Å². The lowest BCUT2D eigenvalue weighted by molar-refractivity contribution is -0.134. The van der Waals surface area contributed by atoms with Crippen molar-refractivity contribution < 1.29 is 4.79 Å². The van der Waals surface area contributed by atoms with Crippen molar-refractivity contribution in [1.29, 1.82) is 0 Å². The standard InChI is InChI=1S/C17H32N2O/c1-5-9-15-18-16(12(2)3)17(20)19(15)13(4)14-10-7-6-8-11-14/h12-16,18H,5-11H2,1-4H3. The van der Waals surface area contributed by atoms with E-state index in [1.165, 1.54) is 32.1 Å². The summed E-state index contributed by atoms with van der Waals surface area (Å²) in [5, 5.41) is 3.59. The Morgan fingerprint density at radius 3 is 2.40 bits per heavy atom. The average Bonchev–Trinajstić information content (AvgIpc) is 2.76. The van der Waals surface area contributed by atoms with Crippen LogP contribution in [-0.2, 0) is 4.79 Å². The molecule has 1 N–H and O–H groups in total. The Hall–Kier alpha value is -0.570. The van der Waals surface area contributed by atoms with Crippen LogP contribution in [0.25, 0.3) is 0 Å². The monoisotopic (exact) mass is 280 g/mol. The van der Waals surface area contributed by atoms with Crippen LogP contribution in [0.5, 0.6) is 0 Å². The first kappa shape index (κ1) is 15.8. The second-order valence-corrected chi connectivity index (χ2v) is 7.08. The maximum absolute atomic E-state index is 12.8. The minimum Gasteiger partial charge on any atom is -0.323 e. The van der Waals surface area contributed by atoms with Gasteiger partial charge in [-0.3, -0.25) is 10.1 Å². The first-order valence-corrected chi connectivity index (χ1v) is 8.64. The van der Waals surface area contributed by atoms with Gasteiger partial charge in [-0.2, -0.15) is 0 Å². The highest BCUT2D eigenvalue weighted by Crippen LogP contribution is 2.32. The number of carbonyl (C=O) groups is 1. The molecule has 1 heterocycles. The molecular formula is C17H32N2O. The van der Waals surface area contributed by atoms with Gasteiger partial charge in [0.1, 0.15) is 0 Å². The zero-order valence-electron chi connectivity index (χ0n) is 13.7. The molecule has 3 atom stereocenters. The number of nitrogens with one attached hydrogen (secondary N) is 1. The second kappa shape index (κ2) is 6.93. The van der Waals surface area contributed by atoms with E-state index in [0.29, 0.717) is 23.8 Å². The zero-order chi connectivity index (χ0) is 14.7. The topological polar surface area (TPSA) is 32.3 Å². The van der Waals surface area contributed by atoms with Crippen molar-refractivity contribution in [2.75, 3.05) is 0 Å². The van der Waals surface area contributed by atoms with E-state index in [2.05, 4.69) is 37.9 Å². The molecule has 2 aliphatic rings. The molecule has 116 valence electrons. The van der Waals surface area contributed by atoms with Crippen molar-refractivity contribution in [3.63, 3.8) is 0 Å². The molecular weight excluding hydrogens is 248 g/mol. The normalized spacial score (nSPS) is 30.2. The first-order chi connectivity index (χ1) is 9.56. The SMILES string of the molecule is CCCC1NC(C(C)C)C(=O)N1C(C)C1CCCCC1. The molecule has 3 heteroatoms. The maximum Gasteiger partial charge on any atom is 0.241 e. The summed E-state index contributed by atoms with van der Waals surface area (Å²) in [6.07, 6.45) is 9.13.